The summed E-state index contributed by atoms with van der Waals surface area (Å²) in [5, 5.41) is 6.62. The standard InChI is InChI=1S/C28H30FN3O5/c1-3-35-26-17-22(12-15-25(26)37-19-21-10-13-23(29)14-11-21)18-30-32-27(33)24(31-28(34)36-4-2)16-20-8-6-5-7-9-20/h5-15,17-18,24H,3-4,16,19H2,1-2H3,(H,31,34)(H,32,33)/b30-18-/t24-/m1/s1. The first kappa shape index (κ1) is 27.2. The third-order valence-corrected chi connectivity index (χ3v) is 5.13. The van der Waals surface area contributed by atoms with Crippen molar-refractivity contribution >= 4 is 18.2 Å². The number of amides is 2. The predicted molar refractivity (Wildman–Crippen MR) is 138 cm³/mol. The van der Waals surface area contributed by atoms with Gasteiger partial charge >= 0.3 is 6.09 Å². The summed E-state index contributed by atoms with van der Waals surface area (Å²) in [4.78, 5) is 24.7. The minimum absolute atomic E-state index is 0.190. The number of ether oxygens (including phenoxy) is 3. The van der Waals surface area contributed by atoms with Crippen LogP contribution in [-0.2, 0) is 22.6 Å². The van der Waals surface area contributed by atoms with Crippen molar-refractivity contribution in [1.29, 1.82) is 0 Å². The molecule has 0 radical (unpaired) electrons. The lowest BCUT2D eigenvalue weighted by Gasteiger charge is -2.17. The topological polar surface area (TPSA) is 98.2 Å². The van der Waals surface area contributed by atoms with Gasteiger partial charge in [-0.2, -0.15) is 5.10 Å². The second-order valence-corrected chi connectivity index (χ2v) is 7.90. The molecule has 0 unspecified atom stereocenters. The molecule has 0 aliphatic heterocycles. The molecule has 8 nitrogen and oxygen atoms in total. The molecule has 9 heteroatoms. The Balaban J connectivity index is 1.65. The molecule has 37 heavy (non-hydrogen) atoms. The maximum atomic E-state index is 13.1. The molecular weight excluding hydrogens is 477 g/mol. The number of nitrogens with one attached hydrogen (secondary N) is 2. The highest BCUT2D eigenvalue weighted by molar-refractivity contribution is 5.87. The van der Waals surface area contributed by atoms with Crippen LogP contribution >= 0.6 is 0 Å². The maximum Gasteiger partial charge on any atom is 0.407 e. The highest BCUT2D eigenvalue weighted by Crippen LogP contribution is 2.29. The number of hydrogen-bond acceptors (Lipinski definition) is 6. The summed E-state index contributed by atoms with van der Waals surface area (Å²) in [6.07, 6.45) is 1.06. The van der Waals surface area contributed by atoms with Crippen molar-refractivity contribution in [1.82, 2.24) is 10.7 Å². The number of nitrogens with zero attached hydrogens (tertiary/aromatic N) is 1. The molecule has 0 aliphatic rings. The van der Waals surface area contributed by atoms with Gasteiger partial charge in [-0.1, -0.05) is 42.5 Å². The summed E-state index contributed by atoms with van der Waals surface area (Å²) in [6, 6.07) is 19.7. The van der Waals surface area contributed by atoms with Gasteiger partial charge < -0.3 is 19.5 Å². The summed E-state index contributed by atoms with van der Waals surface area (Å²) >= 11 is 0. The number of hydrazone groups is 1. The molecule has 2 amide bonds. The van der Waals surface area contributed by atoms with E-state index in [1.165, 1.54) is 18.3 Å². The largest absolute Gasteiger partial charge is 0.490 e. The molecule has 0 bridgehead atoms. The molecule has 0 fully saturated rings. The molecule has 0 saturated carbocycles. The van der Waals surface area contributed by atoms with Crippen LogP contribution in [0.15, 0.2) is 77.9 Å². The molecule has 0 saturated heterocycles. The fraction of sp³-hybridized carbons (Fsp3) is 0.250. The highest BCUT2D eigenvalue weighted by atomic mass is 19.1. The van der Waals surface area contributed by atoms with Crippen molar-refractivity contribution in [2.24, 2.45) is 5.10 Å². The van der Waals surface area contributed by atoms with E-state index in [1.807, 2.05) is 37.3 Å². The van der Waals surface area contributed by atoms with E-state index in [2.05, 4.69) is 15.8 Å². The zero-order chi connectivity index (χ0) is 26.5. The van der Waals surface area contributed by atoms with Crippen molar-refractivity contribution in [3.05, 3.63) is 95.3 Å². The number of benzene rings is 3. The highest BCUT2D eigenvalue weighted by Gasteiger charge is 2.21. The van der Waals surface area contributed by atoms with Crippen molar-refractivity contribution < 1.29 is 28.2 Å². The Labute approximate surface area is 215 Å². The van der Waals surface area contributed by atoms with Crippen molar-refractivity contribution in [3.8, 4) is 11.5 Å². The lowest BCUT2D eigenvalue weighted by atomic mass is 10.1. The van der Waals surface area contributed by atoms with Crippen molar-refractivity contribution in [2.75, 3.05) is 13.2 Å². The summed E-state index contributed by atoms with van der Waals surface area (Å²) < 4.78 is 29.6. The van der Waals surface area contributed by atoms with Gasteiger partial charge in [0, 0.05) is 6.42 Å². The number of rotatable bonds is 12. The minimum Gasteiger partial charge on any atom is -0.490 e. The van der Waals surface area contributed by atoms with Gasteiger partial charge in [0.1, 0.15) is 18.5 Å². The zero-order valence-corrected chi connectivity index (χ0v) is 20.8. The first-order valence-electron chi connectivity index (χ1n) is 11.9. The van der Waals surface area contributed by atoms with Gasteiger partial charge in [0.15, 0.2) is 11.5 Å². The summed E-state index contributed by atoms with van der Waals surface area (Å²) in [7, 11) is 0. The van der Waals surface area contributed by atoms with Crippen molar-refractivity contribution in [2.45, 2.75) is 32.9 Å². The number of carbonyl (C=O) groups is 2. The van der Waals surface area contributed by atoms with Gasteiger partial charge in [0.25, 0.3) is 5.91 Å². The van der Waals surface area contributed by atoms with E-state index in [-0.39, 0.29) is 25.5 Å². The van der Waals surface area contributed by atoms with Crippen LogP contribution in [0.4, 0.5) is 9.18 Å². The minimum atomic E-state index is -0.875. The van der Waals surface area contributed by atoms with Crippen LogP contribution in [-0.4, -0.2) is 37.5 Å². The predicted octanol–water partition coefficient (Wildman–Crippen LogP) is 4.61. The van der Waals surface area contributed by atoms with Crippen LogP contribution in [0.3, 0.4) is 0 Å². The number of hydrogen-bond donors (Lipinski definition) is 2. The number of carbonyl (C=O) groups excluding carboxylic acids is 2. The first-order valence-corrected chi connectivity index (χ1v) is 11.9. The Morgan fingerprint density at radius 3 is 2.38 bits per heavy atom. The lowest BCUT2D eigenvalue weighted by Crippen LogP contribution is -2.47. The molecule has 3 aromatic rings. The van der Waals surface area contributed by atoms with E-state index in [0.717, 1.165) is 11.1 Å². The van der Waals surface area contributed by atoms with Crippen LogP contribution in [0.1, 0.15) is 30.5 Å². The third kappa shape index (κ3) is 8.96. The molecule has 3 rings (SSSR count). The third-order valence-electron chi connectivity index (χ3n) is 5.13. The van der Waals surface area contributed by atoms with E-state index in [4.69, 9.17) is 14.2 Å². The van der Waals surface area contributed by atoms with Crippen LogP contribution in [0.5, 0.6) is 11.5 Å². The Bertz CT molecular complexity index is 1190. The van der Waals surface area contributed by atoms with Gasteiger partial charge in [0.05, 0.1) is 19.4 Å². The fourth-order valence-corrected chi connectivity index (χ4v) is 3.36. The Kier molecular flexibility index (Phi) is 10.5. The molecular formula is C28H30FN3O5. The van der Waals surface area contributed by atoms with Crippen LogP contribution in [0, 0.1) is 5.82 Å². The van der Waals surface area contributed by atoms with Gasteiger partial charge in [-0.15, -0.1) is 0 Å². The quantitative estimate of drug-likeness (QED) is 0.276. The average Bonchev–Trinajstić information content (AvgIpc) is 2.89. The second kappa shape index (κ2) is 14.2. The normalized spacial score (nSPS) is 11.5. The second-order valence-electron chi connectivity index (χ2n) is 7.90. The van der Waals surface area contributed by atoms with E-state index in [9.17, 15) is 14.0 Å². The molecule has 0 spiro atoms. The Hall–Kier alpha value is -4.40. The summed E-state index contributed by atoms with van der Waals surface area (Å²) in [6.45, 7) is 4.40. The fourth-order valence-electron chi connectivity index (χ4n) is 3.36. The van der Waals surface area contributed by atoms with E-state index >= 15 is 0 Å². The van der Waals surface area contributed by atoms with Crippen molar-refractivity contribution in [3.63, 3.8) is 0 Å². The monoisotopic (exact) mass is 507 g/mol. The molecule has 0 aliphatic carbocycles. The molecule has 0 heterocycles. The van der Waals surface area contributed by atoms with E-state index in [0.29, 0.717) is 23.7 Å². The Morgan fingerprint density at radius 1 is 0.919 bits per heavy atom. The molecule has 2 N–H and O–H groups in total. The molecule has 3 aromatic carbocycles. The first-order chi connectivity index (χ1) is 18.0. The smallest absolute Gasteiger partial charge is 0.407 e. The van der Waals surface area contributed by atoms with E-state index < -0.39 is 18.0 Å². The van der Waals surface area contributed by atoms with Crippen LogP contribution < -0.4 is 20.2 Å². The zero-order valence-electron chi connectivity index (χ0n) is 20.8. The molecule has 0 aromatic heterocycles. The summed E-state index contributed by atoms with van der Waals surface area (Å²) in [5.74, 6) is 0.231. The summed E-state index contributed by atoms with van der Waals surface area (Å²) in [5.41, 5.74) is 4.83. The van der Waals surface area contributed by atoms with Gasteiger partial charge in [-0.3, -0.25) is 4.79 Å². The SMILES string of the molecule is CCOC(=O)N[C@H](Cc1ccccc1)C(=O)N/N=C\c1ccc(OCc2ccc(F)cc2)c(OCC)c1. The lowest BCUT2D eigenvalue weighted by molar-refractivity contribution is -0.123. The van der Waals surface area contributed by atoms with E-state index in [1.54, 1.807) is 37.3 Å². The van der Waals surface area contributed by atoms with Gasteiger partial charge in [0.2, 0.25) is 0 Å². The number of halogens is 1. The van der Waals surface area contributed by atoms with Gasteiger partial charge in [-0.25, -0.2) is 14.6 Å². The van der Waals surface area contributed by atoms with Crippen LogP contribution in [0.2, 0.25) is 0 Å². The van der Waals surface area contributed by atoms with Gasteiger partial charge in [-0.05, 0) is 60.9 Å². The molecule has 1 atom stereocenters. The maximum absolute atomic E-state index is 13.1. The Morgan fingerprint density at radius 2 is 1.68 bits per heavy atom. The number of alkyl carbamates (subject to hydrolysis) is 1. The molecule has 194 valence electrons. The van der Waals surface area contributed by atoms with Crippen LogP contribution in [0.25, 0.3) is 0 Å². The average molecular weight is 508 g/mol.